The standard InChI is InChI=1S/C29H26ClF3N8/c1-15-19(2-3-23(31)37-15)26(22-13-41(40-39-22)29(4-5-29)27(32)33)38-18-6-20-24(36-14-28-8-16(9-28)10-28)17(11-34)12-35-25(20)21(30)7-18/h2-3,6-7,12-13,16,26-27,38H,4-5,8-10,14H2,1H3,(H,35,36)/t16?,26-,28?/m0/s1. The van der Waals surface area contributed by atoms with E-state index >= 15 is 0 Å². The topological polar surface area (TPSA) is 104 Å². The van der Waals surface area contributed by atoms with Gasteiger partial charge in [-0.3, -0.25) is 4.98 Å². The summed E-state index contributed by atoms with van der Waals surface area (Å²) < 4.78 is 42.8. The van der Waals surface area contributed by atoms with E-state index in [1.807, 2.05) is 6.07 Å². The molecule has 8 rings (SSSR count). The Balaban J connectivity index is 1.29. The van der Waals surface area contributed by atoms with Crippen LogP contribution in [-0.4, -0.2) is 37.9 Å². The van der Waals surface area contributed by atoms with E-state index in [2.05, 4.69) is 37.0 Å². The summed E-state index contributed by atoms with van der Waals surface area (Å²) in [6.45, 7) is 2.44. The zero-order valence-corrected chi connectivity index (χ0v) is 22.9. The van der Waals surface area contributed by atoms with Gasteiger partial charge in [0.05, 0.1) is 34.0 Å². The fraction of sp³-hybridized carbons (Fsp3) is 0.414. The molecule has 4 aliphatic carbocycles. The van der Waals surface area contributed by atoms with Crippen LogP contribution in [0.2, 0.25) is 5.02 Å². The van der Waals surface area contributed by atoms with Gasteiger partial charge >= 0.3 is 0 Å². The van der Waals surface area contributed by atoms with Gasteiger partial charge in [-0.2, -0.15) is 9.65 Å². The number of rotatable bonds is 9. The Morgan fingerprint density at radius 1 is 1.22 bits per heavy atom. The Hall–Kier alpha value is -3.91. The van der Waals surface area contributed by atoms with Crippen molar-refractivity contribution in [1.82, 2.24) is 25.0 Å². The third kappa shape index (κ3) is 4.27. The number of aryl methyl sites for hydroxylation is 1. The summed E-state index contributed by atoms with van der Waals surface area (Å²) in [5.41, 5.74) is 2.54. The van der Waals surface area contributed by atoms with Crippen molar-refractivity contribution >= 4 is 33.9 Å². The number of nitrogens with zero attached hydrogens (tertiary/aromatic N) is 6. The fourth-order valence-corrected chi connectivity index (χ4v) is 6.66. The largest absolute Gasteiger partial charge is 0.383 e. The SMILES string of the molecule is Cc1nc(F)ccc1[C@H](Nc1cc(Cl)c2ncc(C#N)c(NCC34CC(C3)C4)c2c1)c1cn(C2(C(F)F)CC2)nn1. The maximum absolute atomic E-state index is 13.9. The van der Waals surface area contributed by atoms with Crippen molar-refractivity contribution in [3.05, 3.63) is 70.1 Å². The predicted octanol–water partition coefficient (Wildman–Crippen LogP) is 6.36. The van der Waals surface area contributed by atoms with Crippen molar-refractivity contribution in [2.75, 3.05) is 17.2 Å². The van der Waals surface area contributed by atoms with Crippen LogP contribution in [-0.2, 0) is 5.54 Å². The first-order chi connectivity index (χ1) is 19.7. The summed E-state index contributed by atoms with van der Waals surface area (Å²) in [7, 11) is 0. The molecule has 3 aromatic heterocycles. The molecular weight excluding hydrogens is 553 g/mol. The second kappa shape index (κ2) is 9.31. The number of aromatic nitrogens is 5. The first-order valence-corrected chi connectivity index (χ1v) is 13.9. The van der Waals surface area contributed by atoms with Crippen molar-refractivity contribution in [3.8, 4) is 6.07 Å². The van der Waals surface area contributed by atoms with E-state index in [0.29, 0.717) is 68.1 Å². The Kier molecular flexibility index (Phi) is 5.91. The summed E-state index contributed by atoms with van der Waals surface area (Å²) in [5.74, 6) is 0.202. The summed E-state index contributed by atoms with van der Waals surface area (Å²) in [6, 6.07) is 7.92. The average molecular weight is 579 g/mol. The highest BCUT2D eigenvalue weighted by Crippen LogP contribution is 2.64. The third-order valence-corrected chi connectivity index (χ3v) is 9.28. The molecule has 41 heavy (non-hydrogen) atoms. The van der Waals surface area contributed by atoms with Crippen molar-refractivity contribution in [2.45, 2.75) is 57.0 Å². The van der Waals surface area contributed by atoms with E-state index in [0.717, 1.165) is 12.5 Å². The highest BCUT2D eigenvalue weighted by atomic mass is 35.5. The van der Waals surface area contributed by atoms with Gasteiger partial charge in [0.2, 0.25) is 5.95 Å². The maximum atomic E-state index is 13.9. The zero-order valence-electron chi connectivity index (χ0n) is 22.1. The molecule has 0 aliphatic heterocycles. The van der Waals surface area contributed by atoms with Crippen LogP contribution in [0.3, 0.4) is 0 Å². The van der Waals surface area contributed by atoms with Crippen molar-refractivity contribution in [1.29, 1.82) is 5.26 Å². The minimum absolute atomic E-state index is 0.299. The van der Waals surface area contributed by atoms with Gasteiger partial charge in [-0.25, -0.2) is 18.4 Å². The van der Waals surface area contributed by atoms with Crippen molar-refractivity contribution < 1.29 is 13.2 Å². The van der Waals surface area contributed by atoms with E-state index in [4.69, 9.17) is 11.6 Å². The molecule has 0 amide bonds. The normalized spacial score (nSPS) is 22.5. The van der Waals surface area contributed by atoms with Crippen LogP contribution in [0, 0.1) is 35.5 Å². The number of anilines is 2. The lowest BCUT2D eigenvalue weighted by atomic mass is 9.44. The third-order valence-electron chi connectivity index (χ3n) is 9.00. The van der Waals surface area contributed by atoms with Crippen LogP contribution in [0.15, 0.2) is 36.7 Å². The Morgan fingerprint density at radius 2 is 2.00 bits per heavy atom. The van der Waals surface area contributed by atoms with Crippen LogP contribution in [0.4, 0.5) is 24.5 Å². The summed E-state index contributed by atoms with van der Waals surface area (Å²) in [5, 5.41) is 26.1. The molecule has 3 heterocycles. The smallest absolute Gasteiger partial charge is 0.263 e. The zero-order chi connectivity index (χ0) is 28.5. The molecule has 0 saturated heterocycles. The lowest BCUT2D eigenvalue weighted by Crippen LogP contribution is -2.55. The summed E-state index contributed by atoms with van der Waals surface area (Å²) in [4.78, 5) is 8.41. The second-order valence-electron chi connectivity index (χ2n) is 11.7. The number of hydrogen-bond donors (Lipinski definition) is 2. The number of benzene rings is 1. The van der Waals surface area contributed by atoms with Crippen LogP contribution in [0.5, 0.6) is 0 Å². The molecule has 4 fully saturated rings. The van der Waals surface area contributed by atoms with Gasteiger partial charge in [-0.15, -0.1) is 5.10 Å². The number of fused-ring (bicyclic) bond motifs is 1. The maximum Gasteiger partial charge on any atom is 0.263 e. The molecular formula is C29H26ClF3N8. The molecule has 0 spiro atoms. The van der Waals surface area contributed by atoms with Crippen LogP contribution >= 0.6 is 11.6 Å². The lowest BCUT2D eigenvalue weighted by molar-refractivity contribution is -0.0929. The summed E-state index contributed by atoms with van der Waals surface area (Å²) >= 11 is 6.71. The molecule has 210 valence electrons. The monoisotopic (exact) mass is 578 g/mol. The Morgan fingerprint density at radius 3 is 2.63 bits per heavy atom. The lowest BCUT2D eigenvalue weighted by Gasteiger charge is -2.62. The number of alkyl halides is 2. The first kappa shape index (κ1) is 26.0. The molecule has 0 radical (unpaired) electrons. The minimum Gasteiger partial charge on any atom is -0.383 e. The van der Waals surface area contributed by atoms with E-state index in [1.165, 1.54) is 42.4 Å². The molecule has 1 atom stereocenters. The van der Waals surface area contributed by atoms with Crippen molar-refractivity contribution in [2.24, 2.45) is 11.3 Å². The van der Waals surface area contributed by atoms with Gasteiger partial charge in [0.15, 0.2) is 0 Å². The molecule has 2 bridgehead atoms. The second-order valence-corrected chi connectivity index (χ2v) is 12.1. The van der Waals surface area contributed by atoms with Crippen LogP contribution in [0.1, 0.15) is 60.7 Å². The average Bonchev–Trinajstić information content (AvgIpc) is 3.56. The minimum atomic E-state index is -2.57. The van der Waals surface area contributed by atoms with Gasteiger partial charge in [-0.1, -0.05) is 22.9 Å². The first-order valence-electron chi connectivity index (χ1n) is 13.6. The molecule has 4 aromatic rings. The Bertz CT molecular complexity index is 1710. The number of halogens is 4. The van der Waals surface area contributed by atoms with E-state index in [-0.39, 0.29) is 0 Å². The van der Waals surface area contributed by atoms with Crippen LogP contribution < -0.4 is 10.6 Å². The van der Waals surface area contributed by atoms with E-state index in [1.54, 1.807) is 19.1 Å². The van der Waals surface area contributed by atoms with Gasteiger partial charge in [-0.05, 0) is 68.6 Å². The van der Waals surface area contributed by atoms with Gasteiger partial charge < -0.3 is 10.6 Å². The molecule has 12 heteroatoms. The van der Waals surface area contributed by atoms with Gasteiger partial charge in [0.25, 0.3) is 6.43 Å². The molecule has 0 unspecified atom stereocenters. The molecule has 8 nitrogen and oxygen atoms in total. The molecule has 2 N–H and O–H groups in total. The van der Waals surface area contributed by atoms with E-state index in [9.17, 15) is 18.4 Å². The molecule has 4 aliphatic rings. The van der Waals surface area contributed by atoms with E-state index < -0.39 is 24.0 Å². The number of pyridine rings is 2. The van der Waals surface area contributed by atoms with Gasteiger partial charge in [0, 0.05) is 35.1 Å². The van der Waals surface area contributed by atoms with Gasteiger partial charge in [0.1, 0.15) is 17.3 Å². The number of nitrogens with one attached hydrogen (secondary N) is 2. The predicted molar refractivity (Wildman–Crippen MR) is 147 cm³/mol. The highest BCUT2D eigenvalue weighted by Gasteiger charge is 2.56. The Labute approximate surface area is 238 Å². The number of hydrogen-bond acceptors (Lipinski definition) is 7. The van der Waals surface area contributed by atoms with Crippen molar-refractivity contribution in [3.63, 3.8) is 0 Å². The van der Waals surface area contributed by atoms with Crippen LogP contribution in [0.25, 0.3) is 10.9 Å². The number of nitriles is 1. The molecule has 4 saturated carbocycles. The molecule has 1 aromatic carbocycles. The highest BCUT2D eigenvalue weighted by molar-refractivity contribution is 6.35. The fourth-order valence-electron chi connectivity index (χ4n) is 6.39. The summed E-state index contributed by atoms with van der Waals surface area (Å²) in [6.07, 6.45) is 4.71. The quantitative estimate of drug-likeness (QED) is 0.223.